The van der Waals surface area contributed by atoms with E-state index in [2.05, 4.69) is 34.6 Å². The van der Waals surface area contributed by atoms with E-state index >= 15 is 0 Å². The summed E-state index contributed by atoms with van der Waals surface area (Å²) < 4.78 is 16.9. The second kappa shape index (κ2) is 48.9. The topological polar surface area (TPSA) is 78.9 Å². The van der Waals surface area contributed by atoms with Gasteiger partial charge in [-0.25, -0.2) is 0 Å². The first kappa shape index (κ1) is 60.4. The van der Waals surface area contributed by atoms with E-state index in [1.807, 2.05) is 0 Å². The lowest BCUT2D eigenvalue weighted by molar-refractivity contribution is -0.167. The van der Waals surface area contributed by atoms with E-state index in [9.17, 15) is 14.4 Å². The van der Waals surface area contributed by atoms with Crippen molar-refractivity contribution in [3.05, 3.63) is 0 Å². The molecule has 0 spiro atoms. The molecule has 0 aliphatic carbocycles. The molecule has 0 aromatic rings. The Morgan fingerprint density at radius 2 is 0.565 bits per heavy atom. The van der Waals surface area contributed by atoms with Gasteiger partial charge in [-0.3, -0.25) is 14.4 Å². The van der Waals surface area contributed by atoms with E-state index in [0.29, 0.717) is 19.3 Å². The SMILES string of the molecule is CCCCCCCCCCCCCCCCCCCCC(=O)OC[C@@H](COC(=O)CCCCCCCCCCCCC(C)CC)OC(=O)CCCCCCCCCCC(C)CC. The molecular weight excluding hydrogens is 769 g/mol. The molecule has 0 aromatic heterocycles. The van der Waals surface area contributed by atoms with Gasteiger partial charge in [0.25, 0.3) is 0 Å². The van der Waals surface area contributed by atoms with Crippen molar-refractivity contribution < 1.29 is 28.6 Å². The Bertz CT molecular complexity index is 951. The lowest BCUT2D eigenvalue weighted by Crippen LogP contribution is -2.30. The molecule has 0 heterocycles. The average Bonchev–Trinajstić information content (AvgIpc) is 3.27. The molecule has 6 nitrogen and oxygen atoms in total. The summed E-state index contributed by atoms with van der Waals surface area (Å²) in [4.78, 5) is 38.0. The van der Waals surface area contributed by atoms with Gasteiger partial charge in [-0.15, -0.1) is 0 Å². The zero-order valence-electron chi connectivity index (χ0n) is 42.5. The first-order chi connectivity index (χ1) is 30.3. The Morgan fingerprint density at radius 1 is 0.323 bits per heavy atom. The van der Waals surface area contributed by atoms with Crippen LogP contribution in [0.4, 0.5) is 0 Å². The Balaban J connectivity index is 4.28. The van der Waals surface area contributed by atoms with E-state index in [0.717, 1.165) is 69.6 Å². The molecule has 0 saturated heterocycles. The second-order valence-corrected chi connectivity index (χ2v) is 19.7. The smallest absolute Gasteiger partial charge is 0.306 e. The number of rotatable bonds is 50. The molecule has 0 aliphatic heterocycles. The molecular formula is C56H108O6. The predicted octanol–water partition coefficient (Wildman–Crippen LogP) is 18.1. The molecule has 0 rings (SSSR count). The molecule has 0 aromatic carbocycles. The van der Waals surface area contributed by atoms with Crippen LogP contribution in [0, 0.1) is 11.8 Å². The summed E-state index contributed by atoms with van der Waals surface area (Å²) >= 11 is 0. The molecule has 0 radical (unpaired) electrons. The zero-order chi connectivity index (χ0) is 45.4. The van der Waals surface area contributed by atoms with Crippen molar-refractivity contribution in [2.24, 2.45) is 11.8 Å². The maximum atomic E-state index is 12.8. The number of hydrogen-bond acceptors (Lipinski definition) is 6. The summed E-state index contributed by atoms with van der Waals surface area (Å²) in [5.41, 5.74) is 0. The van der Waals surface area contributed by atoms with Crippen LogP contribution in [0.5, 0.6) is 0 Å². The van der Waals surface area contributed by atoms with Gasteiger partial charge in [-0.05, 0) is 31.1 Å². The lowest BCUT2D eigenvalue weighted by Gasteiger charge is -2.18. The highest BCUT2D eigenvalue weighted by Crippen LogP contribution is 2.19. The average molecular weight is 877 g/mol. The summed E-state index contributed by atoms with van der Waals surface area (Å²) in [5.74, 6) is 0.869. The first-order valence-corrected chi connectivity index (χ1v) is 27.8. The van der Waals surface area contributed by atoms with E-state index in [-0.39, 0.29) is 31.1 Å². The van der Waals surface area contributed by atoms with Crippen molar-refractivity contribution in [3.8, 4) is 0 Å². The number of ether oxygens (including phenoxy) is 3. The molecule has 0 amide bonds. The summed E-state index contributed by atoms with van der Waals surface area (Å²) in [6, 6.07) is 0. The number of carbonyl (C=O) groups excluding carboxylic acids is 3. The molecule has 0 saturated carbocycles. The second-order valence-electron chi connectivity index (χ2n) is 19.7. The Hall–Kier alpha value is -1.59. The Labute approximate surface area is 387 Å². The first-order valence-electron chi connectivity index (χ1n) is 27.8. The van der Waals surface area contributed by atoms with Crippen molar-refractivity contribution in [1.29, 1.82) is 0 Å². The van der Waals surface area contributed by atoms with Crippen LogP contribution in [0.1, 0.15) is 311 Å². The molecule has 368 valence electrons. The van der Waals surface area contributed by atoms with Crippen molar-refractivity contribution in [2.45, 2.75) is 317 Å². The highest BCUT2D eigenvalue weighted by Gasteiger charge is 2.19. The predicted molar refractivity (Wildman–Crippen MR) is 266 cm³/mol. The normalized spacial score (nSPS) is 12.9. The van der Waals surface area contributed by atoms with Gasteiger partial charge in [0.2, 0.25) is 0 Å². The maximum Gasteiger partial charge on any atom is 0.306 e. The van der Waals surface area contributed by atoms with Crippen LogP contribution in [0.15, 0.2) is 0 Å². The minimum atomic E-state index is -0.763. The largest absolute Gasteiger partial charge is 0.462 e. The van der Waals surface area contributed by atoms with Gasteiger partial charge < -0.3 is 14.2 Å². The number of esters is 3. The summed E-state index contributed by atoms with van der Waals surface area (Å²) in [6.45, 7) is 11.4. The molecule has 6 heteroatoms. The van der Waals surface area contributed by atoms with Crippen molar-refractivity contribution in [2.75, 3.05) is 13.2 Å². The van der Waals surface area contributed by atoms with Crippen molar-refractivity contribution >= 4 is 17.9 Å². The molecule has 0 aliphatic rings. The summed E-state index contributed by atoms with van der Waals surface area (Å²) in [6.07, 6.45) is 50.8. The highest BCUT2D eigenvalue weighted by atomic mass is 16.6. The third kappa shape index (κ3) is 46.4. The Morgan fingerprint density at radius 3 is 0.839 bits per heavy atom. The van der Waals surface area contributed by atoms with Crippen LogP contribution >= 0.6 is 0 Å². The number of hydrogen-bond donors (Lipinski definition) is 0. The van der Waals surface area contributed by atoms with Gasteiger partial charge >= 0.3 is 17.9 Å². The third-order valence-corrected chi connectivity index (χ3v) is 13.4. The van der Waals surface area contributed by atoms with Gasteiger partial charge in [-0.1, -0.05) is 272 Å². The van der Waals surface area contributed by atoms with Gasteiger partial charge in [0.05, 0.1) is 0 Å². The fourth-order valence-corrected chi connectivity index (χ4v) is 8.46. The van der Waals surface area contributed by atoms with Crippen molar-refractivity contribution in [3.63, 3.8) is 0 Å². The van der Waals surface area contributed by atoms with Gasteiger partial charge in [0.15, 0.2) is 6.10 Å². The van der Waals surface area contributed by atoms with E-state index < -0.39 is 6.10 Å². The van der Waals surface area contributed by atoms with E-state index in [1.54, 1.807) is 0 Å². The standard InChI is InChI=1S/C56H108O6/c1-6-9-10-11-12-13-14-15-16-17-18-19-20-21-25-31-36-41-46-54(57)60-49-53(62-56(59)48-43-38-33-28-27-30-35-40-45-52(5)8-3)50-61-55(58)47-42-37-32-26-23-22-24-29-34-39-44-51(4)7-2/h51-53H,6-50H2,1-5H3/t51?,52?,53-/m0/s1. The van der Waals surface area contributed by atoms with Crippen LogP contribution < -0.4 is 0 Å². The molecule has 0 N–H and O–H groups in total. The number of carbonyl (C=O) groups is 3. The highest BCUT2D eigenvalue weighted by molar-refractivity contribution is 5.71. The van der Waals surface area contributed by atoms with Crippen LogP contribution in [-0.2, 0) is 28.6 Å². The number of unbranched alkanes of at least 4 members (excludes halogenated alkanes) is 33. The van der Waals surface area contributed by atoms with Gasteiger partial charge in [0, 0.05) is 19.3 Å². The molecule has 62 heavy (non-hydrogen) atoms. The van der Waals surface area contributed by atoms with Crippen LogP contribution in [0.2, 0.25) is 0 Å². The molecule has 3 atom stereocenters. The zero-order valence-corrected chi connectivity index (χ0v) is 42.5. The van der Waals surface area contributed by atoms with Crippen LogP contribution in [0.3, 0.4) is 0 Å². The molecule has 2 unspecified atom stereocenters. The van der Waals surface area contributed by atoms with Crippen molar-refractivity contribution in [1.82, 2.24) is 0 Å². The van der Waals surface area contributed by atoms with Gasteiger partial charge in [0.1, 0.15) is 13.2 Å². The minimum absolute atomic E-state index is 0.0637. The van der Waals surface area contributed by atoms with E-state index in [4.69, 9.17) is 14.2 Å². The minimum Gasteiger partial charge on any atom is -0.462 e. The van der Waals surface area contributed by atoms with Crippen LogP contribution in [-0.4, -0.2) is 37.2 Å². The Kier molecular flexibility index (Phi) is 47.6. The van der Waals surface area contributed by atoms with Crippen LogP contribution in [0.25, 0.3) is 0 Å². The third-order valence-electron chi connectivity index (χ3n) is 13.4. The van der Waals surface area contributed by atoms with Gasteiger partial charge in [-0.2, -0.15) is 0 Å². The fraction of sp³-hybridized carbons (Fsp3) is 0.946. The summed E-state index contributed by atoms with van der Waals surface area (Å²) in [7, 11) is 0. The maximum absolute atomic E-state index is 12.8. The lowest BCUT2D eigenvalue weighted by atomic mass is 9.99. The van der Waals surface area contributed by atoms with E-state index in [1.165, 1.54) is 199 Å². The quantitative estimate of drug-likeness (QED) is 0.0344. The molecule has 0 fully saturated rings. The fourth-order valence-electron chi connectivity index (χ4n) is 8.46. The summed E-state index contributed by atoms with van der Waals surface area (Å²) in [5, 5.41) is 0. The molecule has 0 bridgehead atoms. The monoisotopic (exact) mass is 877 g/mol.